The lowest BCUT2D eigenvalue weighted by molar-refractivity contribution is -0.116. The molecule has 0 saturated carbocycles. The highest BCUT2D eigenvalue weighted by Gasteiger charge is 2.24. The Morgan fingerprint density at radius 3 is 2.80 bits per heavy atom. The maximum Gasteiger partial charge on any atom is 0.307 e. The van der Waals surface area contributed by atoms with E-state index in [9.17, 15) is 9.59 Å². The number of aromatic nitrogens is 3. The molecule has 128 valence electrons. The number of carbonyl (C=O) groups is 1. The molecule has 0 unspecified atom stereocenters. The van der Waals surface area contributed by atoms with Gasteiger partial charge in [0.05, 0.1) is 11.4 Å². The number of amides is 1. The van der Waals surface area contributed by atoms with Gasteiger partial charge in [-0.3, -0.25) is 14.2 Å². The Labute approximate surface area is 148 Å². The molecule has 0 atom stereocenters. The summed E-state index contributed by atoms with van der Waals surface area (Å²) in [5.41, 5.74) is 3.86. The average Bonchev–Trinajstić information content (AvgIpc) is 3.28. The Bertz CT molecular complexity index is 984. The van der Waals surface area contributed by atoms with Crippen LogP contribution in [-0.2, 0) is 24.2 Å². The topological polar surface area (TPSA) is 68.9 Å². The van der Waals surface area contributed by atoms with Crippen molar-refractivity contribution in [3.8, 4) is 5.69 Å². The minimum atomic E-state index is -0.213. The highest BCUT2D eigenvalue weighted by molar-refractivity contribution is 7.07. The summed E-state index contributed by atoms with van der Waals surface area (Å²) in [4.78, 5) is 24.3. The van der Waals surface area contributed by atoms with E-state index in [-0.39, 0.29) is 17.3 Å². The number of hydrogen-bond acceptors (Lipinski definition) is 4. The van der Waals surface area contributed by atoms with Gasteiger partial charge in [-0.2, -0.15) is 5.10 Å². The lowest BCUT2D eigenvalue weighted by atomic mass is 10.2. The number of fused-ring (bicyclic) bond motifs is 1. The summed E-state index contributed by atoms with van der Waals surface area (Å²) < 4.78 is 3.29. The zero-order valence-electron chi connectivity index (χ0n) is 13.9. The molecule has 0 saturated heterocycles. The fourth-order valence-corrected chi connectivity index (χ4v) is 3.92. The van der Waals surface area contributed by atoms with Crippen molar-refractivity contribution in [1.29, 1.82) is 0 Å². The number of aryl methyl sites for hydroxylation is 2. The number of hydrogen-bond donors (Lipinski definition) is 1. The second-order valence-electron chi connectivity index (χ2n) is 6.15. The second-order valence-corrected chi connectivity index (χ2v) is 6.97. The molecule has 0 radical (unpaired) electrons. The summed E-state index contributed by atoms with van der Waals surface area (Å²) in [7, 11) is 0. The van der Waals surface area contributed by atoms with Crippen LogP contribution in [0.4, 0.5) is 5.82 Å². The molecule has 1 aliphatic rings. The Balaban J connectivity index is 1.66. The van der Waals surface area contributed by atoms with Gasteiger partial charge in [-0.1, -0.05) is 29.5 Å². The SMILES string of the molecule is Cc1csc(=O)n1CC(=O)Nc1c2c(nn1-c1ccccc1)CCC2. The third-order valence-electron chi connectivity index (χ3n) is 4.44. The van der Waals surface area contributed by atoms with Crippen LogP contribution in [0.2, 0.25) is 0 Å². The molecule has 6 nitrogen and oxygen atoms in total. The van der Waals surface area contributed by atoms with Crippen molar-refractivity contribution in [3.05, 3.63) is 62.3 Å². The number of benzene rings is 1. The summed E-state index contributed by atoms with van der Waals surface area (Å²) in [5.74, 6) is 0.514. The smallest absolute Gasteiger partial charge is 0.307 e. The van der Waals surface area contributed by atoms with Crippen LogP contribution < -0.4 is 10.2 Å². The molecule has 25 heavy (non-hydrogen) atoms. The van der Waals surface area contributed by atoms with Gasteiger partial charge in [0, 0.05) is 16.6 Å². The fraction of sp³-hybridized carbons (Fsp3) is 0.278. The monoisotopic (exact) mass is 354 g/mol. The van der Waals surface area contributed by atoms with Crippen LogP contribution >= 0.6 is 11.3 Å². The van der Waals surface area contributed by atoms with E-state index in [2.05, 4.69) is 10.4 Å². The lowest BCUT2D eigenvalue weighted by Crippen LogP contribution is -2.26. The quantitative estimate of drug-likeness (QED) is 0.783. The Hall–Kier alpha value is -2.67. The van der Waals surface area contributed by atoms with E-state index in [0.717, 1.165) is 59.1 Å². The highest BCUT2D eigenvalue weighted by Crippen LogP contribution is 2.30. The highest BCUT2D eigenvalue weighted by atomic mass is 32.1. The zero-order chi connectivity index (χ0) is 17.4. The number of anilines is 1. The molecule has 2 aromatic heterocycles. The van der Waals surface area contributed by atoms with Gasteiger partial charge in [0.1, 0.15) is 12.4 Å². The van der Waals surface area contributed by atoms with Gasteiger partial charge >= 0.3 is 4.87 Å². The van der Waals surface area contributed by atoms with E-state index in [1.165, 1.54) is 4.57 Å². The first-order chi connectivity index (χ1) is 12.1. The molecule has 1 N–H and O–H groups in total. The maximum absolute atomic E-state index is 12.6. The number of para-hydroxylation sites is 1. The van der Waals surface area contributed by atoms with Crippen LogP contribution in [0, 0.1) is 6.92 Å². The minimum absolute atomic E-state index is 0.0168. The van der Waals surface area contributed by atoms with Crippen molar-refractivity contribution < 1.29 is 4.79 Å². The zero-order valence-corrected chi connectivity index (χ0v) is 14.7. The van der Waals surface area contributed by atoms with E-state index in [1.54, 1.807) is 10.1 Å². The van der Waals surface area contributed by atoms with Gasteiger partial charge < -0.3 is 5.32 Å². The summed E-state index contributed by atoms with van der Waals surface area (Å²) in [6.07, 6.45) is 2.90. The molecule has 3 aromatic rings. The minimum Gasteiger partial charge on any atom is -0.309 e. The third kappa shape index (κ3) is 2.91. The average molecular weight is 354 g/mol. The molecule has 1 aromatic carbocycles. The van der Waals surface area contributed by atoms with Crippen molar-refractivity contribution in [3.63, 3.8) is 0 Å². The van der Waals surface area contributed by atoms with Crippen LogP contribution in [0.15, 0.2) is 40.5 Å². The second kappa shape index (κ2) is 6.33. The molecule has 0 fully saturated rings. The normalized spacial score (nSPS) is 13.0. The lowest BCUT2D eigenvalue weighted by Gasteiger charge is -2.11. The fourth-order valence-electron chi connectivity index (χ4n) is 3.19. The summed E-state index contributed by atoms with van der Waals surface area (Å²) >= 11 is 1.11. The third-order valence-corrected chi connectivity index (χ3v) is 5.32. The molecular formula is C18H18N4O2S. The van der Waals surface area contributed by atoms with E-state index in [4.69, 9.17) is 0 Å². The molecule has 2 heterocycles. The van der Waals surface area contributed by atoms with Gasteiger partial charge in [-0.15, -0.1) is 0 Å². The first-order valence-corrected chi connectivity index (χ1v) is 9.12. The van der Waals surface area contributed by atoms with Crippen molar-refractivity contribution >= 4 is 23.1 Å². The molecule has 4 rings (SSSR count). The van der Waals surface area contributed by atoms with E-state index >= 15 is 0 Å². The van der Waals surface area contributed by atoms with E-state index in [1.807, 2.05) is 37.3 Å². The van der Waals surface area contributed by atoms with Crippen molar-refractivity contribution in [2.75, 3.05) is 5.32 Å². The van der Waals surface area contributed by atoms with Crippen LogP contribution in [0.25, 0.3) is 5.69 Å². The first-order valence-electron chi connectivity index (χ1n) is 8.24. The number of nitrogens with one attached hydrogen (secondary N) is 1. The first kappa shape index (κ1) is 15.8. The van der Waals surface area contributed by atoms with Gasteiger partial charge in [0.25, 0.3) is 0 Å². The van der Waals surface area contributed by atoms with Crippen molar-refractivity contribution in [2.45, 2.75) is 32.7 Å². The van der Waals surface area contributed by atoms with Crippen LogP contribution in [0.5, 0.6) is 0 Å². The van der Waals surface area contributed by atoms with Crippen molar-refractivity contribution in [1.82, 2.24) is 14.3 Å². The van der Waals surface area contributed by atoms with Crippen molar-refractivity contribution in [2.24, 2.45) is 0 Å². The largest absolute Gasteiger partial charge is 0.309 e. The number of nitrogens with zero attached hydrogens (tertiary/aromatic N) is 3. The van der Waals surface area contributed by atoms with Gasteiger partial charge in [0.2, 0.25) is 5.91 Å². The Morgan fingerprint density at radius 2 is 2.08 bits per heavy atom. The molecule has 0 aliphatic heterocycles. The van der Waals surface area contributed by atoms with Gasteiger partial charge in [0.15, 0.2) is 0 Å². The summed E-state index contributed by atoms with van der Waals surface area (Å²) in [6, 6.07) is 9.77. The molecular weight excluding hydrogens is 336 g/mol. The van der Waals surface area contributed by atoms with Gasteiger partial charge in [-0.05, 0) is 38.3 Å². The van der Waals surface area contributed by atoms with Crippen LogP contribution in [-0.4, -0.2) is 20.3 Å². The maximum atomic E-state index is 12.6. The van der Waals surface area contributed by atoms with Crippen LogP contribution in [0.1, 0.15) is 23.4 Å². The molecule has 0 bridgehead atoms. The van der Waals surface area contributed by atoms with Gasteiger partial charge in [-0.25, -0.2) is 4.68 Å². The predicted octanol–water partition coefficient (Wildman–Crippen LogP) is 2.53. The Morgan fingerprint density at radius 1 is 1.28 bits per heavy atom. The summed E-state index contributed by atoms with van der Waals surface area (Å²) in [6.45, 7) is 1.85. The molecule has 1 aliphatic carbocycles. The standard InChI is InChI=1S/C18H18N4O2S/c1-12-11-25-18(24)21(12)10-16(23)19-17-14-8-5-9-15(14)20-22(17)13-6-3-2-4-7-13/h2-4,6-7,11H,5,8-10H2,1H3,(H,19,23). The van der Waals surface area contributed by atoms with E-state index in [0.29, 0.717) is 0 Å². The Kier molecular flexibility index (Phi) is 4.01. The van der Waals surface area contributed by atoms with E-state index < -0.39 is 0 Å². The summed E-state index contributed by atoms with van der Waals surface area (Å²) in [5, 5.41) is 9.44. The number of carbonyl (C=O) groups excluding carboxylic acids is 1. The number of thiazole rings is 1. The number of rotatable bonds is 4. The molecule has 1 amide bonds. The molecule has 0 spiro atoms. The predicted molar refractivity (Wildman–Crippen MR) is 97.5 cm³/mol. The van der Waals surface area contributed by atoms with Crippen LogP contribution in [0.3, 0.4) is 0 Å². The molecule has 7 heteroatoms.